The molecule has 0 unspecified atom stereocenters. The second kappa shape index (κ2) is 6.73. The average Bonchev–Trinajstić information content (AvgIpc) is 3.14. The number of aromatic carboxylic acids is 1. The van der Waals surface area contributed by atoms with Gasteiger partial charge < -0.3 is 10.4 Å². The topological polar surface area (TPSA) is 114 Å². The maximum Gasteiger partial charge on any atom is 0.355 e. The van der Waals surface area contributed by atoms with Gasteiger partial charge in [0.05, 0.1) is 5.01 Å². The molecule has 3 aromatic rings. The number of nitrogens with zero attached hydrogens (tertiary/aromatic N) is 3. The third kappa shape index (κ3) is 3.30. The summed E-state index contributed by atoms with van der Waals surface area (Å²) in [6, 6.07) is 0. The maximum absolute atomic E-state index is 12.5. The summed E-state index contributed by atoms with van der Waals surface area (Å²) in [5.74, 6) is -1.59. The van der Waals surface area contributed by atoms with Crippen LogP contribution in [0.4, 0.5) is 0 Å². The summed E-state index contributed by atoms with van der Waals surface area (Å²) in [5, 5.41) is 13.5. The summed E-state index contributed by atoms with van der Waals surface area (Å²) in [6.45, 7) is 3.95. The van der Waals surface area contributed by atoms with Crippen LogP contribution in [0.15, 0.2) is 16.4 Å². The van der Waals surface area contributed by atoms with Gasteiger partial charge in [-0.3, -0.25) is 14.0 Å². The normalized spacial score (nSPS) is 11.0. The monoisotopic (exact) mass is 378 g/mol. The number of nitrogens with one attached hydrogen (secondary N) is 1. The summed E-state index contributed by atoms with van der Waals surface area (Å²) in [5.41, 5.74) is 0.342. The zero-order valence-electron chi connectivity index (χ0n) is 13.4. The van der Waals surface area contributed by atoms with Crippen LogP contribution in [0.5, 0.6) is 0 Å². The summed E-state index contributed by atoms with van der Waals surface area (Å²) >= 11 is 2.61. The van der Waals surface area contributed by atoms with Gasteiger partial charge in [-0.25, -0.2) is 14.8 Å². The minimum absolute atomic E-state index is 0.0116. The van der Waals surface area contributed by atoms with E-state index in [0.29, 0.717) is 16.4 Å². The predicted molar refractivity (Wildman–Crippen MR) is 93.9 cm³/mol. The Hall–Kier alpha value is -2.59. The molecule has 3 aromatic heterocycles. The number of carbonyl (C=O) groups is 2. The second-order valence-corrected chi connectivity index (χ2v) is 7.40. The Labute approximate surface area is 149 Å². The SMILES string of the molecule is Cc1sc2ncc(C(=O)NCCc3nc(C(=O)O)cs3)c(=O)n2c1C. The van der Waals surface area contributed by atoms with E-state index >= 15 is 0 Å². The van der Waals surface area contributed by atoms with Crippen molar-refractivity contribution in [2.24, 2.45) is 0 Å². The van der Waals surface area contributed by atoms with Crippen molar-refractivity contribution in [3.8, 4) is 0 Å². The first-order chi connectivity index (χ1) is 11.9. The molecule has 0 aliphatic heterocycles. The Morgan fingerprint density at radius 3 is 2.80 bits per heavy atom. The highest BCUT2D eigenvalue weighted by molar-refractivity contribution is 7.17. The van der Waals surface area contributed by atoms with E-state index in [4.69, 9.17) is 5.11 Å². The van der Waals surface area contributed by atoms with Crippen LogP contribution in [0.1, 0.15) is 36.4 Å². The fourth-order valence-electron chi connectivity index (χ4n) is 2.23. The van der Waals surface area contributed by atoms with E-state index in [-0.39, 0.29) is 17.8 Å². The molecule has 0 spiro atoms. The van der Waals surface area contributed by atoms with Gasteiger partial charge in [0, 0.05) is 35.1 Å². The number of aromatic nitrogens is 3. The van der Waals surface area contributed by atoms with Crippen molar-refractivity contribution in [3.63, 3.8) is 0 Å². The molecule has 0 aromatic carbocycles. The standard InChI is InChI=1S/C15H14N4O4S2/c1-7-8(2)25-15-17-5-9(13(21)19(7)15)12(20)16-4-3-11-18-10(6-24-11)14(22)23/h5-6H,3-4H2,1-2H3,(H,16,20)(H,22,23). The van der Waals surface area contributed by atoms with Gasteiger partial charge in [0.25, 0.3) is 11.5 Å². The van der Waals surface area contributed by atoms with Crippen LogP contribution in [0.3, 0.4) is 0 Å². The fraction of sp³-hybridized carbons (Fsp3) is 0.267. The van der Waals surface area contributed by atoms with Crippen molar-refractivity contribution in [1.82, 2.24) is 19.7 Å². The Bertz CT molecular complexity index is 1030. The third-order valence-corrected chi connectivity index (χ3v) is 5.64. The van der Waals surface area contributed by atoms with Crippen molar-refractivity contribution >= 4 is 39.5 Å². The van der Waals surface area contributed by atoms with E-state index in [1.165, 1.54) is 38.7 Å². The molecular formula is C15H14N4O4S2. The molecule has 10 heteroatoms. The lowest BCUT2D eigenvalue weighted by Gasteiger charge is -2.04. The minimum atomic E-state index is -1.08. The molecule has 0 fully saturated rings. The number of thiazole rings is 2. The van der Waals surface area contributed by atoms with Gasteiger partial charge in [-0.05, 0) is 13.8 Å². The predicted octanol–water partition coefficient (Wildman–Crippen LogP) is 1.50. The van der Waals surface area contributed by atoms with Crippen molar-refractivity contribution < 1.29 is 14.7 Å². The minimum Gasteiger partial charge on any atom is -0.476 e. The van der Waals surface area contributed by atoms with Crippen molar-refractivity contribution in [3.05, 3.63) is 48.8 Å². The zero-order valence-corrected chi connectivity index (χ0v) is 15.0. The average molecular weight is 378 g/mol. The molecule has 3 heterocycles. The number of carboxylic acid groups (broad SMARTS) is 1. The van der Waals surface area contributed by atoms with Crippen LogP contribution in [-0.2, 0) is 6.42 Å². The second-order valence-electron chi connectivity index (χ2n) is 5.28. The molecular weight excluding hydrogens is 364 g/mol. The number of aryl methyl sites for hydroxylation is 2. The quantitative estimate of drug-likeness (QED) is 0.695. The van der Waals surface area contributed by atoms with Gasteiger partial charge in [0.15, 0.2) is 10.7 Å². The van der Waals surface area contributed by atoms with Crippen LogP contribution in [0, 0.1) is 13.8 Å². The molecule has 0 aliphatic carbocycles. The van der Waals surface area contributed by atoms with E-state index in [1.54, 1.807) is 0 Å². The number of hydrogen-bond donors (Lipinski definition) is 2. The van der Waals surface area contributed by atoms with Crippen LogP contribution in [0.2, 0.25) is 0 Å². The Morgan fingerprint density at radius 1 is 1.36 bits per heavy atom. The van der Waals surface area contributed by atoms with Gasteiger partial charge in [0.2, 0.25) is 0 Å². The number of carbonyl (C=O) groups excluding carboxylic acids is 1. The van der Waals surface area contributed by atoms with Gasteiger partial charge >= 0.3 is 5.97 Å². The van der Waals surface area contributed by atoms with Crippen molar-refractivity contribution in [1.29, 1.82) is 0 Å². The lowest BCUT2D eigenvalue weighted by atomic mass is 10.3. The first-order valence-electron chi connectivity index (χ1n) is 7.32. The zero-order chi connectivity index (χ0) is 18.1. The number of fused-ring (bicyclic) bond motifs is 1. The van der Waals surface area contributed by atoms with Crippen molar-refractivity contribution in [2.45, 2.75) is 20.3 Å². The van der Waals surface area contributed by atoms with Crippen molar-refractivity contribution in [2.75, 3.05) is 6.54 Å². The highest BCUT2D eigenvalue weighted by atomic mass is 32.1. The smallest absolute Gasteiger partial charge is 0.355 e. The number of carboxylic acids is 1. The molecule has 1 amide bonds. The summed E-state index contributed by atoms with van der Waals surface area (Å²) in [6.07, 6.45) is 1.67. The summed E-state index contributed by atoms with van der Waals surface area (Å²) in [7, 11) is 0. The van der Waals surface area contributed by atoms with Crippen LogP contribution < -0.4 is 10.9 Å². The number of amides is 1. The largest absolute Gasteiger partial charge is 0.476 e. The van der Waals surface area contributed by atoms with Gasteiger partial charge in [-0.2, -0.15) is 0 Å². The van der Waals surface area contributed by atoms with E-state index in [0.717, 1.165) is 10.6 Å². The first-order valence-corrected chi connectivity index (χ1v) is 9.01. The lowest BCUT2D eigenvalue weighted by Crippen LogP contribution is -2.32. The highest BCUT2D eigenvalue weighted by Crippen LogP contribution is 2.18. The molecule has 0 atom stereocenters. The summed E-state index contributed by atoms with van der Waals surface area (Å²) < 4.78 is 1.44. The molecule has 25 heavy (non-hydrogen) atoms. The Morgan fingerprint density at radius 2 is 2.12 bits per heavy atom. The third-order valence-electron chi connectivity index (χ3n) is 3.66. The Kier molecular flexibility index (Phi) is 4.64. The van der Waals surface area contributed by atoms with Gasteiger partial charge in [-0.15, -0.1) is 22.7 Å². The molecule has 8 nitrogen and oxygen atoms in total. The molecule has 0 bridgehead atoms. The van der Waals surface area contributed by atoms with E-state index in [1.807, 2.05) is 13.8 Å². The molecule has 3 rings (SSSR count). The van der Waals surface area contributed by atoms with E-state index in [9.17, 15) is 14.4 Å². The van der Waals surface area contributed by atoms with E-state index in [2.05, 4.69) is 15.3 Å². The Balaban J connectivity index is 1.72. The van der Waals surface area contributed by atoms with Gasteiger partial charge in [0.1, 0.15) is 5.56 Å². The number of hydrogen-bond acceptors (Lipinski definition) is 7. The molecule has 130 valence electrons. The number of rotatable bonds is 5. The van der Waals surface area contributed by atoms with Crippen LogP contribution in [-0.4, -0.2) is 37.9 Å². The molecule has 0 radical (unpaired) electrons. The molecule has 2 N–H and O–H groups in total. The maximum atomic E-state index is 12.5. The first kappa shape index (κ1) is 17.2. The molecule has 0 aliphatic rings. The van der Waals surface area contributed by atoms with E-state index < -0.39 is 17.4 Å². The van der Waals surface area contributed by atoms with Crippen LogP contribution in [0.25, 0.3) is 4.96 Å². The van der Waals surface area contributed by atoms with Gasteiger partial charge in [-0.1, -0.05) is 0 Å². The summed E-state index contributed by atoms with van der Waals surface area (Å²) in [4.78, 5) is 45.2. The molecule has 0 saturated heterocycles. The highest BCUT2D eigenvalue weighted by Gasteiger charge is 2.16. The lowest BCUT2D eigenvalue weighted by molar-refractivity contribution is 0.0690. The fourth-order valence-corrected chi connectivity index (χ4v) is 3.94. The van der Waals surface area contributed by atoms with Crippen LogP contribution >= 0.6 is 22.7 Å². The molecule has 0 saturated carbocycles.